The van der Waals surface area contributed by atoms with Gasteiger partial charge in [-0.3, -0.25) is 4.79 Å². The van der Waals surface area contributed by atoms with Crippen molar-refractivity contribution in [2.24, 2.45) is 0 Å². The van der Waals surface area contributed by atoms with Crippen molar-refractivity contribution in [3.8, 4) is 11.5 Å². The molecule has 3 aromatic rings. The monoisotopic (exact) mass is 356 g/mol. The standard InChI is InChI=1S/C24H20O3/c1-16-6-8-18(9-7-16)15-26-20-10-11-21-22(14-20)27-23(24(21)25)13-19-5-3-4-17(2)12-19/h3-14H,15H2,1-2H3. The maximum Gasteiger partial charge on any atom is 0.231 e. The third-order valence-corrected chi connectivity index (χ3v) is 4.51. The smallest absolute Gasteiger partial charge is 0.231 e. The molecule has 3 aromatic carbocycles. The molecule has 0 spiro atoms. The van der Waals surface area contributed by atoms with Crippen LogP contribution >= 0.6 is 0 Å². The maximum atomic E-state index is 12.6. The van der Waals surface area contributed by atoms with Gasteiger partial charge in [0.05, 0.1) is 5.56 Å². The molecule has 0 fully saturated rings. The Morgan fingerprint density at radius 3 is 2.52 bits per heavy atom. The molecule has 0 radical (unpaired) electrons. The average Bonchev–Trinajstić information content (AvgIpc) is 2.96. The lowest BCUT2D eigenvalue weighted by Gasteiger charge is -2.07. The van der Waals surface area contributed by atoms with Crippen LogP contribution in [0.4, 0.5) is 0 Å². The normalized spacial score (nSPS) is 14.1. The van der Waals surface area contributed by atoms with Gasteiger partial charge in [0.15, 0.2) is 5.76 Å². The number of ether oxygens (including phenoxy) is 2. The number of hydrogen-bond donors (Lipinski definition) is 0. The van der Waals surface area contributed by atoms with E-state index in [2.05, 4.69) is 19.1 Å². The van der Waals surface area contributed by atoms with E-state index in [1.807, 2.05) is 49.4 Å². The number of carbonyl (C=O) groups is 1. The largest absolute Gasteiger partial charge is 0.489 e. The predicted octanol–water partition coefficient (Wildman–Crippen LogP) is 5.50. The molecule has 0 unspecified atom stereocenters. The van der Waals surface area contributed by atoms with Gasteiger partial charge in [-0.15, -0.1) is 0 Å². The molecule has 0 bridgehead atoms. The highest BCUT2D eigenvalue weighted by atomic mass is 16.5. The second-order valence-electron chi connectivity index (χ2n) is 6.79. The number of carbonyl (C=O) groups excluding carboxylic acids is 1. The van der Waals surface area contributed by atoms with Gasteiger partial charge in [0.2, 0.25) is 5.78 Å². The fraction of sp³-hybridized carbons (Fsp3) is 0.125. The minimum atomic E-state index is -0.100. The first-order valence-electron chi connectivity index (χ1n) is 8.92. The Hall–Kier alpha value is -3.33. The summed E-state index contributed by atoms with van der Waals surface area (Å²) in [6, 6.07) is 21.5. The number of fused-ring (bicyclic) bond motifs is 1. The summed E-state index contributed by atoms with van der Waals surface area (Å²) >= 11 is 0. The van der Waals surface area contributed by atoms with Crippen molar-refractivity contribution in [1.29, 1.82) is 0 Å². The van der Waals surface area contributed by atoms with Gasteiger partial charge < -0.3 is 9.47 Å². The molecule has 134 valence electrons. The van der Waals surface area contributed by atoms with E-state index in [1.54, 1.807) is 18.2 Å². The van der Waals surface area contributed by atoms with Crippen molar-refractivity contribution in [2.75, 3.05) is 0 Å². The first-order valence-corrected chi connectivity index (χ1v) is 8.92. The molecular formula is C24H20O3. The quantitative estimate of drug-likeness (QED) is 0.579. The van der Waals surface area contributed by atoms with E-state index in [-0.39, 0.29) is 5.78 Å². The van der Waals surface area contributed by atoms with E-state index >= 15 is 0 Å². The molecule has 1 aliphatic rings. The van der Waals surface area contributed by atoms with Crippen molar-refractivity contribution in [1.82, 2.24) is 0 Å². The highest BCUT2D eigenvalue weighted by molar-refractivity contribution is 6.14. The fourth-order valence-electron chi connectivity index (χ4n) is 3.02. The maximum absolute atomic E-state index is 12.6. The van der Waals surface area contributed by atoms with Crippen molar-refractivity contribution in [3.63, 3.8) is 0 Å². The van der Waals surface area contributed by atoms with Crippen LogP contribution in [0.5, 0.6) is 11.5 Å². The lowest BCUT2D eigenvalue weighted by atomic mass is 10.1. The Kier molecular flexibility index (Phi) is 4.51. The molecule has 0 saturated carbocycles. The number of aryl methyl sites for hydroxylation is 2. The number of benzene rings is 3. The molecule has 0 amide bonds. The van der Waals surface area contributed by atoms with Crippen LogP contribution in [-0.2, 0) is 6.61 Å². The summed E-state index contributed by atoms with van der Waals surface area (Å²) < 4.78 is 11.7. The summed E-state index contributed by atoms with van der Waals surface area (Å²) in [5, 5.41) is 0. The zero-order chi connectivity index (χ0) is 18.8. The van der Waals surface area contributed by atoms with Gasteiger partial charge in [0, 0.05) is 6.07 Å². The summed E-state index contributed by atoms with van der Waals surface area (Å²) in [6.07, 6.45) is 1.78. The summed E-state index contributed by atoms with van der Waals surface area (Å²) in [4.78, 5) is 12.6. The minimum absolute atomic E-state index is 0.100. The van der Waals surface area contributed by atoms with Crippen molar-refractivity contribution < 1.29 is 14.3 Å². The first-order chi connectivity index (χ1) is 13.1. The second kappa shape index (κ2) is 7.12. The Bertz CT molecular complexity index is 1030. The molecule has 27 heavy (non-hydrogen) atoms. The topological polar surface area (TPSA) is 35.5 Å². The second-order valence-corrected chi connectivity index (χ2v) is 6.79. The number of ketones is 1. The van der Waals surface area contributed by atoms with Crippen LogP contribution < -0.4 is 9.47 Å². The van der Waals surface area contributed by atoms with Crippen LogP contribution in [0.2, 0.25) is 0 Å². The highest BCUT2D eigenvalue weighted by Gasteiger charge is 2.27. The zero-order valence-corrected chi connectivity index (χ0v) is 15.4. The van der Waals surface area contributed by atoms with Crippen LogP contribution in [-0.4, -0.2) is 5.78 Å². The van der Waals surface area contributed by atoms with Crippen molar-refractivity contribution in [2.45, 2.75) is 20.5 Å². The number of rotatable bonds is 4. The van der Waals surface area contributed by atoms with Gasteiger partial charge >= 0.3 is 0 Å². The van der Waals surface area contributed by atoms with Gasteiger partial charge in [-0.1, -0.05) is 59.7 Å². The van der Waals surface area contributed by atoms with Crippen molar-refractivity contribution >= 4 is 11.9 Å². The van der Waals surface area contributed by atoms with Gasteiger partial charge in [-0.2, -0.15) is 0 Å². The lowest BCUT2D eigenvalue weighted by Crippen LogP contribution is -1.98. The highest BCUT2D eigenvalue weighted by Crippen LogP contribution is 2.35. The Balaban J connectivity index is 1.51. The van der Waals surface area contributed by atoms with Crippen LogP contribution in [0.3, 0.4) is 0 Å². The molecule has 1 aliphatic heterocycles. The summed E-state index contributed by atoms with van der Waals surface area (Å²) in [6.45, 7) is 4.55. The number of allylic oxidation sites excluding steroid dienone is 1. The van der Waals surface area contributed by atoms with Crippen LogP contribution in [0.25, 0.3) is 6.08 Å². The lowest BCUT2D eigenvalue weighted by molar-refractivity contribution is 0.101. The Morgan fingerprint density at radius 2 is 1.74 bits per heavy atom. The molecule has 4 rings (SSSR count). The van der Waals surface area contributed by atoms with Crippen LogP contribution in [0.1, 0.15) is 32.6 Å². The fourth-order valence-corrected chi connectivity index (χ4v) is 3.02. The molecule has 0 atom stereocenters. The Labute approximate surface area is 158 Å². The molecule has 0 N–H and O–H groups in total. The molecule has 3 nitrogen and oxygen atoms in total. The summed E-state index contributed by atoms with van der Waals surface area (Å²) in [5.41, 5.74) is 4.96. The zero-order valence-electron chi connectivity index (χ0n) is 15.4. The van der Waals surface area contributed by atoms with Gasteiger partial charge in [-0.25, -0.2) is 0 Å². The summed E-state index contributed by atoms with van der Waals surface area (Å²) in [5.74, 6) is 1.46. The van der Waals surface area contributed by atoms with Crippen LogP contribution in [0.15, 0.2) is 72.5 Å². The predicted molar refractivity (Wildman–Crippen MR) is 106 cm³/mol. The van der Waals surface area contributed by atoms with Gasteiger partial charge in [-0.05, 0) is 43.2 Å². The Morgan fingerprint density at radius 1 is 0.926 bits per heavy atom. The van der Waals surface area contributed by atoms with E-state index in [4.69, 9.17) is 9.47 Å². The minimum Gasteiger partial charge on any atom is -0.489 e. The van der Waals surface area contributed by atoms with Crippen LogP contribution in [0, 0.1) is 13.8 Å². The molecule has 0 aliphatic carbocycles. The number of hydrogen-bond acceptors (Lipinski definition) is 3. The van der Waals surface area contributed by atoms with E-state index in [0.717, 1.165) is 16.7 Å². The number of Topliss-reactive ketones (excluding diaryl/α,β-unsaturated/α-hetero) is 1. The van der Waals surface area contributed by atoms with E-state index in [9.17, 15) is 4.79 Å². The van der Waals surface area contributed by atoms with E-state index in [0.29, 0.717) is 29.4 Å². The van der Waals surface area contributed by atoms with Crippen molar-refractivity contribution in [3.05, 3.63) is 100 Å². The van der Waals surface area contributed by atoms with E-state index in [1.165, 1.54) is 5.56 Å². The summed E-state index contributed by atoms with van der Waals surface area (Å²) in [7, 11) is 0. The molecule has 0 saturated heterocycles. The molecule has 0 aromatic heterocycles. The SMILES string of the molecule is Cc1ccc(COc2ccc3c(c2)OC(=Cc2cccc(C)c2)C3=O)cc1. The third kappa shape index (κ3) is 3.77. The molecule has 1 heterocycles. The molecular weight excluding hydrogens is 336 g/mol. The first kappa shape index (κ1) is 17.1. The van der Waals surface area contributed by atoms with Gasteiger partial charge in [0.1, 0.15) is 18.1 Å². The van der Waals surface area contributed by atoms with Gasteiger partial charge in [0.25, 0.3) is 0 Å². The molecule has 3 heteroatoms. The third-order valence-electron chi connectivity index (χ3n) is 4.51. The average molecular weight is 356 g/mol. The van der Waals surface area contributed by atoms with E-state index < -0.39 is 0 Å².